The van der Waals surface area contributed by atoms with Crippen molar-refractivity contribution in [3.05, 3.63) is 118 Å². The summed E-state index contributed by atoms with van der Waals surface area (Å²) in [5.41, 5.74) is 3.47. The molecule has 4 amide bonds. The van der Waals surface area contributed by atoms with Crippen molar-refractivity contribution in [2.24, 2.45) is 0 Å². The van der Waals surface area contributed by atoms with E-state index >= 15 is 0 Å². The smallest absolute Gasteiger partial charge is 0.272 e. The molecule has 41 heavy (non-hydrogen) atoms. The van der Waals surface area contributed by atoms with E-state index in [0.717, 1.165) is 20.9 Å². The molecule has 1 fully saturated rings. The minimum absolute atomic E-state index is 0.0900. The first-order chi connectivity index (χ1) is 19.8. The third-order valence-corrected chi connectivity index (χ3v) is 8.44. The fourth-order valence-electron chi connectivity index (χ4n) is 4.38. The normalized spacial score (nSPS) is 15.2. The molecule has 3 aromatic carbocycles. The molecule has 206 valence electrons. The van der Waals surface area contributed by atoms with Gasteiger partial charge in [-0.25, -0.2) is 4.90 Å². The van der Waals surface area contributed by atoms with Crippen LogP contribution in [0, 0.1) is 13.8 Å². The SMILES string of the molecule is Cc1ccc(C)c(N2C(=O)CC(Sc3cccc(NC(=O)C(=Cc4cccs4)NC(=O)c4ccccc4)c3)C2=O)c1. The highest BCUT2D eigenvalue weighted by atomic mass is 32.2. The Hall–Kier alpha value is -4.47. The van der Waals surface area contributed by atoms with E-state index in [1.807, 2.05) is 61.7 Å². The van der Waals surface area contributed by atoms with Gasteiger partial charge < -0.3 is 10.6 Å². The highest BCUT2D eigenvalue weighted by Crippen LogP contribution is 2.36. The second kappa shape index (κ2) is 12.4. The molecule has 1 aliphatic rings. The monoisotopic (exact) mass is 581 g/mol. The summed E-state index contributed by atoms with van der Waals surface area (Å²) >= 11 is 2.73. The van der Waals surface area contributed by atoms with Crippen LogP contribution in [0.15, 0.2) is 101 Å². The molecule has 0 aliphatic carbocycles. The molecule has 1 aromatic heterocycles. The summed E-state index contributed by atoms with van der Waals surface area (Å²) in [6.07, 6.45) is 1.72. The van der Waals surface area contributed by atoms with E-state index in [9.17, 15) is 19.2 Å². The van der Waals surface area contributed by atoms with E-state index in [2.05, 4.69) is 10.6 Å². The van der Waals surface area contributed by atoms with Crippen molar-refractivity contribution in [1.29, 1.82) is 0 Å². The van der Waals surface area contributed by atoms with E-state index in [-0.39, 0.29) is 23.9 Å². The number of hydrogen-bond acceptors (Lipinski definition) is 6. The Kier molecular flexibility index (Phi) is 8.47. The Labute approximate surface area is 246 Å². The van der Waals surface area contributed by atoms with Gasteiger partial charge in [-0.1, -0.05) is 42.5 Å². The molecule has 0 spiro atoms. The first kappa shape index (κ1) is 28.1. The number of rotatable bonds is 8. The lowest BCUT2D eigenvalue weighted by molar-refractivity contribution is -0.121. The number of hydrogen-bond donors (Lipinski definition) is 2. The van der Waals surface area contributed by atoms with Gasteiger partial charge in [0.05, 0.1) is 10.9 Å². The number of benzene rings is 3. The standard InChI is InChI=1S/C32H27N3O4S2/c1-20-13-14-21(2)27(16-20)35-29(36)19-28(32(35)39)41-25-11-6-10-23(17-25)33-31(38)26(18-24-12-7-15-40-24)34-30(37)22-8-4-3-5-9-22/h3-18,28H,19H2,1-2H3,(H,33,38)(H,34,37). The average molecular weight is 582 g/mol. The van der Waals surface area contributed by atoms with Crippen molar-refractivity contribution in [1.82, 2.24) is 5.32 Å². The van der Waals surface area contributed by atoms with Crippen molar-refractivity contribution >= 4 is 64.2 Å². The van der Waals surface area contributed by atoms with Gasteiger partial charge in [0, 0.05) is 27.4 Å². The quantitative estimate of drug-likeness (QED) is 0.191. The maximum atomic E-state index is 13.3. The molecule has 1 aliphatic heterocycles. The largest absolute Gasteiger partial charge is 0.321 e. The molecule has 2 heterocycles. The number of nitrogens with one attached hydrogen (secondary N) is 2. The average Bonchev–Trinajstić information content (AvgIpc) is 3.57. The fourth-order valence-corrected chi connectivity index (χ4v) is 6.15. The number of thioether (sulfide) groups is 1. The predicted molar refractivity (Wildman–Crippen MR) is 164 cm³/mol. The molecule has 4 aromatic rings. The molecule has 1 saturated heterocycles. The van der Waals surface area contributed by atoms with Gasteiger partial charge >= 0.3 is 0 Å². The van der Waals surface area contributed by atoms with Crippen LogP contribution in [-0.4, -0.2) is 28.9 Å². The summed E-state index contributed by atoms with van der Waals surface area (Å²) in [5.74, 6) is -1.38. The highest BCUT2D eigenvalue weighted by Gasteiger charge is 2.40. The van der Waals surface area contributed by atoms with E-state index in [4.69, 9.17) is 0 Å². The Morgan fingerprint density at radius 3 is 2.51 bits per heavy atom. The number of carbonyl (C=O) groups is 4. The topological polar surface area (TPSA) is 95.6 Å². The van der Waals surface area contributed by atoms with Gasteiger partial charge in [-0.3, -0.25) is 19.2 Å². The zero-order chi connectivity index (χ0) is 28.9. The van der Waals surface area contributed by atoms with E-state index < -0.39 is 17.1 Å². The van der Waals surface area contributed by atoms with Crippen LogP contribution in [0.4, 0.5) is 11.4 Å². The van der Waals surface area contributed by atoms with Crippen LogP contribution in [-0.2, 0) is 14.4 Å². The minimum atomic E-state index is -0.576. The lowest BCUT2D eigenvalue weighted by atomic mass is 10.1. The Balaban J connectivity index is 1.31. The summed E-state index contributed by atoms with van der Waals surface area (Å²) in [7, 11) is 0. The van der Waals surface area contributed by atoms with E-state index in [0.29, 0.717) is 16.9 Å². The molecular formula is C32H27N3O4S2. The molecule has 5 rings (SSSR count). The third kappa shape index (κ3) is 6.65. The van der Waals surface area contributed by atoms with Crippen molar-refractivity contribution in [3.63, 3.8) is 0 Å². The van der Waals surface area contributed by atoms with Gasteiger partial charge in [0.25, 0.3) is 11.8 Å². The van der Waals surface area contributed by atoms with Crippen LogP contribution in [0.25, 0.3) is 6.08 Å². The maximum absolute atomic E-state index is 13.3. The molecule has 2 N–H and O–H groups in total. The number of amides is 4. The van der Waals surface area contributed by atoms with Gasteiger partial charge in [0.1, 0.15) is 5.70 Å². The number of carbonyl (C=O) groups excluding carboxylic acids is 4. The van der Waals surface area contributed by atoms with Crippen LogP contribution >= 0.6 is 23.1 Å². The van der Waals surface area contributed by atoms with Crippen molar-refractivity contribution in [2.45, 2.75) is 30.4 Å². The lowest BCUT2D eigenvalue weighted by Crippen LogP contribution is -2.31. The number of anilines is 2. The molecule has 0 saturated carbocycles. The summed E-state index contributed by atoms with van der Waals surface area (Å²) in [6.45, 7) is 3.81. The van der Waals surface area contributed by atoms with Crippen molar-refractivity contribution < 1.29 is 19.2 Å². The van der Waals surface area contributed by atoms with Gasteiger partial charge in [0.15, 0.2) is 0 Å². The Morgan fingerprint density at radius 1 is 0.951 bits per heavy atom. The van der Waals surface area contributed by atoms with Crippen molar-refractivity contribution in [3.8, 4) is 0 Å². The summed E-state index contributed by atoms with van der Waals surface area (Å²) in [6, 6.07) is 25.2. The van der Waals surface area contributed by atoms with Gasteiger partial charge in [0.2, 0.25) is 11.8 Å². The van der Waals surface area contributed by atoms with Gasteiger partial charge in [-0.05, 0) is 78.9 Å². The third-order valence-electron chi connectivity index (χ3n) is 6.44. The van der Waals surface area contributed by atoms with Gasteiger partial charge in [-0.2, -0.15) is 0 Å². The molecule has 1 atom stereocenters. The Bertz CT molecular complexity index is 1650. The van der Waals surface area contributed by atoms with Gasteiger partial charge in [-0.15, -0.1) is 23.1 Å². The number of nitrogens with zero attached hydrogens (tertiary/aromatic N) is 1. The zero-order valence-corrected chi connectivity index (χ0v) is 24.1. The molecular weight excluding hydrogens is 555 g/mol. The first-order valence-electron chi connectivity index (χ1n) is 12.9. The predicted octanol–water partition coefficient (Wildman–Crippen LogP) is 6.20. The molecule has 0 bridgehead atoms. The highest BCUT2D eigenvalue weighted by molar-refractivity contribution is 8.00. The molecule has 1 unspecified atom stereocenters. The first-order valence-corrected chi connectivity index (χ1v) is 14.7. The van der Waals surface area contributed by atoms with Crippen LogP contribution in [0.5, 0.6) is 0 Å². The molecule has 9 heteroatoms. The Morgan fingerprint density at radius 2 is 1.76 bits per heavy atom. The summed E-state index contributed by atoms with van der Waals surface area (Å²) < 4.78 is 0. The lowest BCUT2D eigenvalue weighted by Gasteiger charge is -2.18. The van der Waals surface area contributed by atoms with Crippen molar-refractivity contribution in [2.75, 3.05) is 10.2 Å². The van der Waals surface area contributed by atoms with Crippen LogP contribution < -0.4 is 15.5 Å². The van der Waals surface area contributed by atoms with Crippen LogP contribution in [0.2, 0.25) is 0 Å². The zero-order valence-electron chi connectivity index (χ0n) is 22.4. The second-order valence-corrected chi connectivity index (χ2v) is 11.8. The number of aryl methyl sites for hydroxylation is 2. The minimum Gasteiger partial charge on any atom is -0.321 e. The van der Waals surface area contributed by atoms with E-state index in [1.54, 1.807) is 48.5 Å². The summed E-state index contributed by atoms with van der Waals surface area (Å²) in [5, 5.41) is 6.89. The second-order valence-electron chi connectivity index (χ2n) is 9.54. The number of imide groups is 1. The van der Waals surface area contributed by atoms with Crippen LogP contribution in [0.1, 0.15) is 32.8 Å². The number of thiophene rings is 1. The molecule has 7 nitrogen and oxygen atoms in total. The fraction of sp³-hybridized carbons (Fsp3) is 0.125. The maximum Gasteiger partial charge on any atom is 0.272 e. The molecule has 0 radical (unpaired) electrons. The van der Waals surface area contributed by atoms with E-state index in [1.165, 1.54) is 28.0 Å². The summed E-state index contributed by atoms with van der Waals surface area (Å²) in [4.78, 5) is 55.1. The van der Waals surface area contributed by atoms with Crippen LogP contribution in [0.3, 0.4) is 0 Å².